The number of nitrogens with zero attached hydrogens (tertiary/aromatic N) is 5. The van der Waals surface area contributed by atoms with Crippen molar-refractivity contribution >= 4 is 35.5 Å². The molecule has 116 valence electrons. The van der Waals surface area contributed by atoms with Crippen molar-refractivity contribution in [1.82, 2.24) is 25.2 Å². The predicted molar refractivity (Wildman–Crippen MR) is 85.3 cm³/mol. The van der Waals surface area contributed by atoms with E-state index in [0.29, 0.717) is 5.16 Å². The van der Waals surface area contributed by atoms with Gasteiger partial charge >= 0.3 is 0 Å². The lowest BCUT2D eigenvalue weighted by Gasteiger charge is -2.01. The fourth-order valence-electron chi connectivity index (χ4n) is 1.61. The molecule has 0 aliphatic carbocycles. The molecule has 2 heterocycles. The summed E-state index contributed by atoms with van der Waals surface area (Å²) in [5.41, 5.74) is 15.2. The Morgan fingerprint density at radius 2 is 2.14 bits per heavy atom. The number of aryl methyl sites for hydroxylation is 2. The van der Waals surface area contributed by atoms with Gasteiger partial charge in [0.1, 0.15) is 11.6 Å². The zero-order chi connectivity index (χ0) is 16.1. The number of rotatable bonds is 5. The van der Waals surface area contributed by atoms with Gasteiger partial charge in [0.05, 0.1) is 17.7 Å². The molecular weight excluding hydrogens is 304 g/mol. The van der Waals surface area contributed by atoms with Gasteiger partial charge in [0.15, 0.2) is 5.16 Å². The van der Waals surface area contributed by atoms with Gasteiger partial charge in [-0.25, -0.2) is 15.4 Å². The molecule has 2 rings (SSSR count). The van der Waals surface area contributed by atoms with Crippen LogP contribution in [-0.2, 0) is 11.8 Å². The largest absolute Gasteiger partial charge is 0.383 e. The first kappa shape index (κ1) is 15.8. The van der Waals surface area contributed by atoms with Crippen LogP contribution in [0.2, 0.25) is 0 Å². The second-order valence-corrected chi connectivity index (χ2v) is 5.37. The molecule has 0 unspecified atom stereocenters. The number of thioether (sulfide) groups is 1. The van der Waals surface area contributed by atoms with Gasteiger partial charge < -0.3 is 11.5 Å². The molecule has 10 heteroatoms. The summed E-state index contributed by atoms with van der Waals surface area (Å²) in [5, 5.41) is 8.40. The number of carbonyl (C=O) groups is 1. The summed E-state index contributed by atoms with van der Waals surface area (Å²) < 4.78 is 1.68. The van der Waals surface area contributed by atoms with Crippen LogP contribution in [0.5, 0.6) is 0 Å². The minimum absolute atomic E-state index is 0.103. The Bertz CT molecular complexity index is 691. The van der Waals surface area contributed by atoms with E-state index in [9.17, 15) is 4.79 Å². The second kappa shape index (κ2) is 6.89. The molecule has 9 nitrogen and oxygen atoms in total. The number of anilines is 2. The fraction of sp³-hybridized carbons (Fsp3) is 0.250. The summed E-state index contributed by atoms with van der Waals surface area (Å²) in [6.45, 7) is 1.86. The van der Waals surface area contributed by atoms with Crippen LogP contribution < -0.4 is 16.9 Å². The number of hydrazone groups is 1. The van der Waals surface area contributed by atoms with Crippen molar-refractivity contribution in [3.05, 3.63) is 23.5 Å². The maximum atomic E-state index is 11.7. The Hall–Kier alpha value is -2.62. The molecule has 0 aliphatic heterocycles. The van der Waals surface area contributed by atoms with E-state index in [2.05, 4.69) is 25.6 Å². The first-order valence-corrected chi connectivity index (χ1v) is 7.27. The summed E-state index contributed by atoms with van der Waals surface area (Å²) in [5.74, 6) is 0.347. The van der Waals surface area contributed by atoms with E-state index in [0.717, 1.165) is 23.0 Å². The number of nitrogens with two attached hydrogens (primary N) is 2. The van der Waals surface area contributed by atoms with Crippen LogP contribution in [0.4, 0.5) is 11.6 Å². The molecule has 0 saturated carbocycles. The smallest absolute Gasteiger partial charge is 0.250 e. The Kier molecular flexibility index (Phi) is 4.94. The van der Waals surface area contributed by atoms with Crippen LogP contribution in [0.3, 0.4) is 0 Å². The maximum Gasteiger partial charge on any atom is 0.250 e. The highest BCUT2D eigenvalue weighted by molar-refractivity contribution is 7.99. The van der Waals surface area contributed by atoms with Crippen molar-refractivity contribution in [3.63, 3.8) is 0 Å². The topological polar surface area (TPSA) is 137 Å². The van der Waals surface area contributed by atoms with E-state index >= 15 is 0 Å². The van der Waals surface area contributed by atoms with Crippen molar-refractivity contribution in [1.29, 1.82) is 0 Å². The Balaban J connectivity index is 1.84. The number of amides is 1. The number of aromatic nitrogens is 4. The van der Waals surface area contributed by atoms with Gasteiger partial charge in [0.25, 0.3) is 5.91 Å². The number of hydrogen-bond donors (Lipinski definition) is 3. The van der Waals surface area contributed by atoms with Gasteiger partial charge in [0, 0.05) is 24.9 Å². The molecular formula is C12H16N8OS. The van der Waals surface area contributed by atoms with Crippen LogP contribution in [0.1, 0.15) is 11.3 Å². The first-order chi connectivity index (χ1) is 10.4. The highest BCUT2D eigenvalue weighted by Gasteiger charge is 2.06. The summed E-state index contributed by atoms with van der Waals surface area (Å²) in [6.07, 6.45) is 3.35. The molecule has 2 aromatic heterocycles. The summed E-state index contributed by atoms with van der Waals surface area (Å²) in [4.78, 5) is 19.6. The SMILES string of the molecule is Cc1nn(C)cc1/C=N/NC(=O)CSc1nc(N)cc(N)n1. The van der Waals surface area contributed by atoms with Gasteiger partial charge in [-0.1, -0.05) is 11.8 Å². The average molecular weight is 320 g/mol. The first-order valence-electron chi connectivity index (χ1n) is 6.29. The molecule has 1 amide bonds. The summed E-state index contributed by atoms with van der Waals surface area (Å²) in [7, 11) is 1.82. The molecule has 5 N–H and O–H groups in total. The van der Waals surface area contributed by atoms with Crippen LogP contribution >= 0.6 is 11.8 Å². The molecule has 0 bridgehead atoms. The average Bonchev–Trinajstić information content (AvgIpc) is 2.74. The zero-order valence-corrected chi connectivity index (χ0v) is 13.0. The van der Waals surface area contributed by atoms with E-state index in [1.165, 1.54) is 6.07 Å². The normalized spacial score (nSPS) is 11.0. The monoisotopic (exact) mass is 320 g/mol. The van der Waals surface area contributed by atoms with Crippen LogP contribution in [-0.4, -0.2) is 37.6 Å². The van der Waals surface area contributed by atoms with Crippen molar-refractivity contribution in [3.8, 4) is 0 Å². The van der Waals surface area contributed by atoms with Crippen LogP contribution in [0.25, 0.3) is 0 Å². The third kappa shape index (κ3) is 4.45. The van der Waals surface area contributed by atoms with Gasteiger partial charge in [-0.3, -0.25) is 9.48 Å². The third-order valence-corrected chi connectivity index (χ3v) is 3.37. The van der Waals surface area contributed by atoms with Crippen molar-refractivity contribution < 1.29 is 4.79 Å². The van der Waals surface area contributed by atoms with Crippen LogP contribution in [0, 0.1) is 6.92 Å². The molecule has 0 aromatic carbocycles. The van der Waals surface area contributed by atoms with Crippen molar-refractivity contribution in [2.75, 3.05) is 17.2 Å². The van der Waals surface area contributed by atoms with Crippen molar-refractivity contribution in [2.45, 2.75) is 12.1 Å². The maximum absolute atomic E-state index is 11.7. The van der Waals surface area contributed by atoms with E-state index in [4.69, 9.17) is 11.5 Å². The molecule has 0 spiro atoms. The number of nitrogen functional groups attached to an aromatic ring is 2. The van der Waals surface area contributed by atoms with Gasteiger partial charge in [0.2, 0.25) is 0 Å². The predicted octanol–water partition coefficient (Wildman–Crippen LogP) is -0.0747. The molecule has 0 atom stereocenters. The lowest BCUT2D eigenvalue weighted by Crippen LogP contribution is -2.19. The highest BCUT2D eigenvalue weighted by atomic mass is 32.2. The molecule has 0 fully saturated rings. The Morgan fingerprint density at radius 3 is 2.73 bits per heavy atom. The van der Waals surface area contributed by atoms with E-state index in [-0.39, 0.29) is 23.3 Å². The number of nitrogens with one attached hydrogen (secondary N) is 1. The van der Waals surface area contributed by atoms with E-state index in [1.807, 2.05) is 20.2 Å². The minimum Gasteiger partial charge on any atom is -0.383 e. The second-order valence-electron chi connectivity index (χ2n) is 4.43. The number of carbonyl (C=O) groups excluding carboxylic acids is 1. The van der Waals surface area contributed by atoms with Gasteiger partial charge in [-0.05, 0) is 6.92 Å². The third-order valence-electron chi connectivity index (χ3n) is 2.52. The lowest BCUT2D eigenvalue weighted by molar-refractivity contribution is -0.118. The standard InChI is InChI=1S/C12H16N8OS/c1-7-8(5-20(2)19-7)4-15-18-11(21)6-22-12-16-9(13)3-10(14)17-12/h3-5H,6H2,1-2H3,(H,18,21)(H4,13,14,16,17)/b15-4+. The quantitative estimate of drug-likeness (QED) is 0.303. The Labute approximate surface area is 131 Å². The fourth-order valence-corrected chi connectivity index (χ4v) is 2.27. The van der Waals surface area contributed by atoms with E-state index < -0.39 is 0 Å². The number of hydrogen-bond acceptors (Lipinski definition) is 8. The van der Waals surface area contributed by atoms with Crippen LogP contribution in [0.15, 0.2) is 22.5 Å². The molecule has 0 saturated heterocycles. The summed E-state index contributed by atoms with van der Waals surface area (Å²) >= 11 is 1.13. The van der Waals surface area contributed by atoms with E-state index in [1.54, 1.807) is 10.9 Å². The van der Waals surface area contributed by atoms with Gasteiger partial charge in [-0.2, -0.15) is 10.2 Å². The lowest BCUT2D eigenvalue weighted by atomic mass is 10.3. The Morgan fingerprint density at radius 1 is 1.45 bits per heavy atom. The summed E-state index contributed by atoms with van der Waals surface area (Å²) in [6, 6.07) is 1.45. The molecule has 2 aromatic rings. The van der Waals surface area contributed by atoms with Crippen molar-refractivity contribution in [2.24, 2.45) is 12.1 Å². The molecule has 0 aliphatic rings. The zero-order valence-electron chi connectivity index (χ0n) is 12.1. The highest BCUT2D eigenvalue weighted by Crippen LogP contribution is 2.15. The minimum atomic E-state index is -0.285. The molecule has 22 heavy (non-hydrogen) atoms. The molecule has 0 radical (unpaired) electrons. The van der Waals surface area contributed by atoms with Gasteiger partial charge in [-0.15, -0.1) is 0 Å².